The van der Waals surface area contributed by atoms with E-state index < -0.39 is 0 Å². The van der Waals surface area contributed by atoms with Gasteiger partial charge in [0.25, 0.3) is 11.8 Å². The number of hydrogen-bond donors (Lipinski definition) is 1. The normalized spacial score (nSPS) is 13.1. The summed E-state index contributed by atoms with van der Waals surface area (Å²) in [5.74, 6) is -0.669. The average Bonchev–Trinajstić information content (AvgIpc) is 2.86. The summed E-state index contributed by atoms with van der Waals surface area (Å²) in [6.07, 6.45) is 2.29. The maximum atomic E-state index is 12.5. The zero-order valence-electron chi connectivity index (χ0n) is 14.3. The van der Waals surface area contributed by atoms with E-state index >= 15 is 0 Å². The van der Waals surface area contributed by atoms with Gasteiger partial charge < -0.3 is 5.32 Å². The number of carbonyl (C=O) groups is 3. The molecule has 0 aromatic heterocycles. The monoisotopic (exact) mass is 336 g/mol. The van der Waals surface area contributed by atoms with Gasteiger partial charge in [0.05, 0.1) is 16.8 Å². The van der Waals surface area contributed by atoms with Gasteiger partial charge in [-0.25, -0.2) is 4.90 Å². The van der Waals surface area contributed by atoms with Gasteiger partial charge in [-0.05, 0) is 49.2 Å². The van der Waals surface area contributed by atoms with Crippen molar-refractivity contribution in [2.45, 2.75) is 33.1 Å². The SMILES string of the molecule is CCCCC(=O)Nc1ccc(N2C(=O)c3ccccc3C2=O)cc1C. The smallest absolute Gasteiger partial charge is 0.266 e. The Morgan fingerprint density at radius 2 is 1.68 bits per heavy atom. The number of aryl methyl sites for hydroxylation is 1. The molecular formula is C20H20N2O3. The average molecular weight is 336 g/mol. The van der Waals surface area contributed by atoms with Crippen LogP contribution in [0.3, 0.4) is 0 Å². The fourth-order valence-corrected chi connectivity index (χ4v) is 2.90. The number of fused-ring (bicyclic) bond motifs is 1. The van der Waals surface area contributed by atoms with Crippen LogP contribution in [0.1, 0.15) is 52.5 Å². The van der Waals surface area contributed by atoms with Crippen molar-refractivity contribution in [1.29, 1.82) is 0 Å². The molecule has 25 heavy (non-hydrogen) atoms. The highest BCUT2D eigenvalue weighted by Gasteiger charge is 2.36. The van der Waals surface area contributed by atoms with Gasteiger partial charge >= 0.3 is 0 Å². The van der Waals surface area contributed by atoms with Gasteiger partial charge in [0.2, 0.25) is 5.91 Å². The third-order valence-electron chi connectivity index (χ3n) is 4.29. The number of nitrogens with zero attached hydrogens (tertiary/aromatic N) is 1. The number of unbranched alkanes of at least 4 members (excludes halogenated alkanes) is 1. The number of benzene rings is 2. The second-order valence-corrected chi connectivity index (χ2v) is 6.14. The van der Waals surface area contributed by atoms with E-state index in [-0.39, 0.29) is 17.7 Å². The Kier molecular flexibility index (Phi) is 4.65. The molecule has 1 N–H and O–H groups in total. The maximum absolute atomic E-state index is 12.5. The third-order valence-corrected chi connectivity index (χ3v) is 4.29. The number of hydrogen-bond acceptors (Lipinski definition) is 3. The van der Waals surface area contributed by atoms with Crippen molar-refractivity contribution >= 4 is 29.1 Å². The molecule has 0 fully saturated rings. The molecule has 3 rings (SSSR count). The van der Waals surface area contributed by atoms with Gasteiger partial charge in [0, 0.05) is 12.1 Å². The van der Waals surface area contributed by atoms with Gasteiger partial charge in [-0.3, -0.25) is 14.4 Å². The van der Waals surface area contributed by atoms with Crippen LogP contribution in [-0.4, -0.2) is 17.7 Å². The van der Waals surface area contributed by atoms with Gasteiger partial charge in [0.15, 0.2) is 0 Å². The Hall–Kier alpha value is -2.95. The molecule has 0 atom stereocenters. The van der Waals surface area contributed by atoms with Gasteiger partial charge in [-0.15, -0.1) is 0 Å². The first-order valence-corrected chi connectivity index (χ1v) is 8.41. The predicted molar refractivity (Wildman–Crippen MR) is 96.9 cm³/mol. The van der Waals surface area contributed by atoms with E-state index in [2.05, 4.69) is 5.32 Å². The highest BCUT2D eigenvalue weighted by atomic mass is 16.2. The molecule has 0 unspecified atom stereocenters. The second-order valence-electron chi connectivity index (χ2n) is 6.14. The van der Waals surface area contributed by atoms with Crippen molar-refractivity contribution in [3.05, 3.63) is 59.2 Å². The van der Waals surface area contributed by atoms with Crippen LogP contribution in [0.15, 0.2) is 42.5 Å². The molecular weight excluding hydrogens is 316 g/mol. The van der Waals surface area contributed by atoms with Gasteiger partial charge in [-0.1, -0.05) is 25.5 Å². The van der Waals surface area contributed by atoms with Crippen LogP contribution in [0.2, 0.25) is 0 Å². The van der Waals surface area contributed by atoms with Crippen molar-refractivity contribution in [2.24, 2.45) is 0 Å². The maximum Gasteiger partial charge on any atom is 0.266 e. The van der Waals surface area contributed by atoms with Crippen molar-refractivity contribution in [1.82, 2.24) is 0 Å². The van der Waals surface area contributed by atoms with Crippen molar-refractivity contribution < 1.29 is 14.4 Å². The highest BCUT2D eigenvalue weighted by Crippen LogP contribution is 2.30. The first-order valence-electron chi connectivity index (χ1n) is 8.41. The predicted octanol–water partition coefficient (Wildman–Crippen LogP) is 3.92. The van der Waals surface area contributed by atoms with Crippen LogP contribution in [0, 0.1) is 6.92 Å². The fraction of sp³-hybridized carbons (Fsp3) is 0.250. The lowest BCUT2D eigenvalue weighted by Gasteiger charge is -2.16. The molecule has 1 aliphatic rings. The summed E-state index contributed by atoms with van der Waals surface area (Å²) < 4.78 is 0. The Labute approximate surface area is 146 Å². The molecule has 0 radical (unpaired) electrons. The van der Waals surface area contributed by atoms with E-state index in [0.717, 1.165) is 18.4 Å². The van der Waals surface area contributed by atoms with E-state index in [1.807, 2.05) is 13.8 Å². The van der Waals surface area contributed by atoms with E-state index in [4.69, 9.17) is 0 Å². The van der Waals surface area contributed by atoms with Crippen molar-refractivity contribution in [2.75, 3.05) is 10.2 Å². The molecule has 2 aromatic rings. The first kappa shape index (κ1) is 16.9. The van der Waals surface area contributed by atoms with Crippen LogP contribution in [0.4, 0.5) is 11.4 Å². The fourth-order valence-electron chi connectivity index (χ4n) is 2.90. The topological polar surface area (TPSA) is 66.5 Å². The largest absolute Gasteiger partial charge is 0.326 e. The highest BCUT2D eigenvalue weighted by molar-refractivity contribution is 6.34. The van der Waals surface area contributed by atoms with Crippen molar-refractivity contribution in [3.8, 4) is 0 Å². The molecule has 2 aromatic carbocycles. The minimum atomic E-state index is -0.320. The minimum absolute atomic E-state index is 0.0292. The van der Waals surface area contributed by atoms with Crippen LogP contribution >= 0.6 is 0 Å². The summed E-state index contributed by atoms with van der Waals surface area (Å²) in [6, 6.07) is 12.0. The summed E-state index contributed by atoms with van der Waals surface area (Å²) in [5, 5.41) is 2.88. The summed E-state index contributed by atoms with van der Waals surface area (Å²) in [5.41, 5.74) is 2.85. The Balaban J connectivity index is 1.83. The number of anilines is 2. The number of carbonyl (C=O) groups excluding carboxylic acids is 3. The Morgan fingerprint density at radius 3 is 2.24 bits per heavy atom. The molecule has 3 amide bonds. The van der Waals surface area contributed by atoms with Crippen LogP contribution in [-0.2, 0) is 4.79 Å². The first-order chi connectivity index (χ1) is 12.0. The lowest BCUT2D eigenvalue weighted by atomic mass is 10.1. The van der Waals surface area contributed by atoms with Gasteiger partial charge in [0.1, 0.15) is 0 Å². The summed E-state index contributed by atoms with van der Waals surface area (Å²) >= 11 is 0. The lowest BCUT2D eigenvalue weighted by molar-refractivity contribution is -0.116. The quantitative estimate of drug-likeness (QED) is 0.842. The second kappa shape index (κ2) is 6.89. The molecule has 5 nitrogen and oxygen atoms in total. The third kappa shape index (κ3) is 3.18. The molecule has 1 aliphatic heterocycles. The number of rotatable bonds is 5. The van der Waals surface area contributed by atoms with E-state index in [9.17, 15) is 14.4 Å². The van der Waals surface area contributed by atoms with Crippen LogP contribution in [0.25, 0.3) is 0 Å². The zero-order chi connectivity index (χ0) is 18.0. The molecule has 5 heteroatoms. The minimum Gasteiger partial charge on any atom is -0.326 e. The molecule has 128 valence electrons. The molecule has 0 spiro atoms. The summed E-state index contributed by atoms with van der Waals surface area (Å²) in [4.78, 5) is 38.1. The molecule has 0 aliphatic carbocycles. The molecule has 0 bridgehead atoms. The zero-order valence-corrected chi connectivity index (χ0v) is 14.3. The van der Waals surface area contributed by atoms with Gasteiger partial charge in [-0.2, -0.15) is 0 Å². The summed E-state index contributed by atoms with van der Waals surface area (Å²) in [6.45, 7) is 3.88. The molecule has 1 heterocycles. The van der Waals surface area contributed by atoms with E-state index in [0.29, 0.717) is 28.9 Å². The summed E-state index contributed by atoms with van der Waals surface area (Å²) in [7, 11) is 0. The van der Waals surface area contributed by atoms with Crippen LogP contribution in [0.5, 0.6) is 0 Å². The van der Waals surface area contributed by atoms with Crippen molar-refractivity contribution in [3.63, 3.8) is 0 Å². The Morgan fingerprint density at radius 1 is 1.04 bits per heavy atom. The molecule has 0 saturated heterocycles. The number of nitrogens with one attached hydrogen (secondary N) is 1. The van der Waals surface area contributed by atoms with E-state index in [1.165, 1.54) is 4.90 Å². The number of amides is 3. The molecule has 0 saturated carbocycles. The standard InChI is InChI=1S/C20H20N2O3/c1-3-4-9-18(23)21-17-11-10-14(12-13(17)2)22-19(24)15-7-5-6-8-16(15)20(22)25/h5-8,10-12H,3-4,9H2,1-2H3,(H,21,23). The number of imide groups is 1. The van der Waals surface area contributed by atoms with E-state index in [1.54, 1.807) is 42.5 Å². The van der Waals surface area contributed by atoms with Crippen LogP contribution < -0.4 is 10.2 Å². The lowest BCUT2D eigenvalue weighted by Crippen LogP contribution is -2.29. The Bertz CT molecular complexity index is 823.